The second-order valence-corrected chi connectivity index (χ2v) is 10.5. The zero-order valence-corrected chi connectivity index (χ0v) is 21.8. The Labute approximate surface area is 227 Å². The molecule has 0 saturated carbocycles. The molecule has 2 saturated heterocycles. The average molecular weight is 529 g/mol. The third-order valence-corrected chi connectivity index (χ3v) is 7.91. The highest BCUT2D eigenvalue weighted by Gasteiger charge is 2.36. The summed E-state index contributed by atoms with van der Waals surface area (Å²) in [5.41, 5.74) is 5.46. The van der Waals surface area contributed by atoms with E-state index in [1.165, 1.54) is 17.8 Å². The number of nitrogens with zero attached hydrogens (tertiary/aromatic N) is 2. The highest BCUT2D eigenvalue weighted by atomic mass is 19.1. The number of carbonyl (C=O) groups is 1. The van der Waals surface area contributed by atoms with Gasteiger partial charge in [-0.15, -0.1) is 0 Å². The summed E-state index contributed by atoms with van der Waals surface area (Å²) in [5, 5.41) is 11.0. The number of aliphatic hydroxyl groups excluding tert-OH is 1. The van der Waals surface area contributed by atoms with Crippen LogP contribution in [0.25, 0.3) is 22.0 Å². The normalized spacial score (nSPS) is 17.7. The van der Waals surface area contributed by atoms with Crippen molar-refractivity contribution in [3.05, 3.63) is 89.9 Å². The van der Waals surface area contributed by atoms with E-state index in [2.05, 4.69) is 27.7 Å². The molecular formula is C32H33FN2O4. The van der Waals surface area contributed by atoms with Crippen molar-refractivity contribution < 1.29 is 23.8 Å². The maximum atomic E-state index is 14.0. The van der Waals surface area contributed by atoms with Crippen molar-refractivity contribution in [3.8, 4) is 16.9 Å². The Morgan fingerprint density at radius 2 is 1.74 bits per heavy atom. The van der Waals surface area contributed by atoms with E-state index >= 15 is 0 Å². The molecule has 2 aliphatic heterocycles. The molecule has 0 amide bonds. The Morgan fingerprint density at radius 3 is 2.46 bits per heavy atom. The van der Waals surface area contributed by atoms with Crippen LogP contribution >= 0.6 is 0 Å². The van der Waals surface area contributed by atoms with Crippen LogP contribution in [-0.2, 0) is 16.1 Å². The molecule has 1 aromatic heterocycles. The Morgan fingerprint density at radius 1 is 1.00 bits per heavy atom. The van der Waals surface area contributed by atoms with Crippen molar-refractivity contribution in [1.29, 1.82) is 0 Å². The third kappa shape index (κ3) is 5.22. The summed E-state index contributed by atoms with van der Waals surface area (Å²) >= 11 is 0. The van der Waals surface area contributed by atoms with Gasteiger partial charge in [-0.2, -0.15) is 0 Å². The molecule has 3 heterocycles. The van der Waals surface area contributed by atoms with Crippen molar-refractivity contribution >= 4 is 17.2 Å². The maximum Gasteiger partial charge on any atom is 0.149 e. The Kier molecular flexibility index (Phi) is 7.46. The van der Waals surface area contributed by atoms with Gasteiger partial charge in [0, 0.05) is 55.4 Å². The number of hydrogen-bond donors (Lipinski definition) is 1. The molecule has 0 spiro atoms. The molecule has 6 rings (SSSR count). The summed E-state index contributed by atoms with van der Waals surface area (Å²) in [7, 11) is 0. The number of para-hydroxylation sites is 1. The molecule has 4 aromatic rings. The summed E-state index contributed by atoms with van der Waals surface area (Å²) in [6, 6.07) is 23.2. The highest BCUT2D eigenvalue weighted by molar-refractivity contribution is 6.01. The first-order valence-corrected chi connectivity index (χ1v) is 13.6. The fourth-order valence-electron chi connectivity index (χ4n) is 6.04. The van der Waals surface area contributed by atoms with Crippen molar-refractivity contribution in [2.24, 2.45) is 0 Å². The van der Waals surface area contributed by atoms with Gasteiger partial charge in [-0.3, -0.25) is 4.90 Å². The SMILES string of the molecule is O=C[C@@H](O)CN1CC(n2c(C3CCOCC3)c(-c3ccc(F)cc3)c3cccc(OCc4ccccc4)c32)C1. The molecule has 0 radical (unpaired) electrons. The van der Waals surface area contributed by atoms with Crippen LogP contribution in [0.2, 0.25) is 0 Å². The molecule has 1 atom stereocenters. The minimum Gasteiger partial charge on any atom is -0.487 e. The minimum atomic E-state index is -0.984. The molecule has 6 nitrogen and oxygen atoms in total. The Balaban J connectivity index is 1.50. The van der Waals surface area contributed by atoms with E-state index in [9.17, 15) is 14.3 Å². The van der Waals surface area contributed by atoms with Gasteiger partial charge in [-0.25, -0.2) is 4.39 Å². The zero-order chi connectivity index (χ0) is 26.8. The van der Waals surface area contributed by atoms with Crippen LogP contribution in [0.15, 0.2) is 72.8 Å². The number of halogens is 1. The number of benzene rings is 3. The zero-order valence-electron chi connectivity index (χ0n) is 21.8. The summed E-state index contributed by atoms with van der Waals surface area (Å²) in [6.07, 6.45) is 1.42. The monoisotopic (exact) mass is 528 g/mol. The lowest BCUT2D eigenvalue weighted by Crippen LogP contribution is -2.51. The van der Waals surface area contributed by atoms with E-state index in [0.717, 1.165) is 59.3 Å². The summed E-state index contributed by atoms with van der Waals surface area (Å²) in [4.78, 5) is 13.2. The molecule has 202 valence electrons. The molecular weight excluding hydrogens is 495 g/mol. The number of aldehydes is 1. The first kappa shape index (κ1) is 25.7. The molecule has 0 aliphatic carbocycles. The number of hydrogen-bond acceptors (Lipinski definition) is 5. The van der Waals surface area contributed by atoms with Crippen molar-refractivity contribution in [3.63, 3.8) is 0 Å². The van der Waals surface area contributed by atoms with Crippen LogP contribution in [0.4, 0.5) is 4.39 Å². The second kappa shape index (κ2) is 11.3. The first-order chi connectivity index (χ1) is 19.1. The number of aromatic nitrogens is 1. The van der Waals surface area contributed by atoms with Crippen molar-refractivity contribution in [1.82, 2.24) is 9.47 Å². The fraction of sp³-hybridized carbons (Fsp3) is 0.344. The van der Waals surface area contributed by atoms with Gasteiger partial charge in [0.25, 0.3) is 0 Å². The van der Waals surface area contributed by atoms with Gasteiger partial charge in [0.15, 0.2) is 0 Å². The number of carbonyl (C=O) groups excluding carboxylic acids is 1. The van der Waals surface area contributed by atoms with Crippen LogP contribution < -0.4 is 4.74 Å². The second-order valence-electron chi connectivity index (χ2n) is 10.5. The molecule has 1 N–H and O–H groups in total. The standard InChI is InChI=1S/C32H33FN2O4/c33-25-11-9-23(10-12-25)30-28-7-4-8-29(39-21-22-5-2-1-3-6-22)32(28)35(31(30)24-13-15-38-16-14-24)26-17-34(18-26)19-27(37)20-36/h1-12,20,24,26-27,37H,13-19,21H2/t27-/m0/s1. The van der Waals surface area contributed by atoms with Crippen molar-refractivity contribution in [2.75, 3.05) is 32.8 Å². The quantitative estimate of drug-likeness (QED) is 0.297. The van der Waals surface area contributed by atoms with Gasteiger partial charge in [0.05, 0.1) is 11.6 Å². The largest absolute Gasteiger partial charge is 0.487 e. The number of fused-ring (bicyclic) bond motifs is 1. The topological polar surface area (TPSA) is 63.9 Å². The van der Waals surface area contributed by atoms with E-state index in [1.807, 2.05) is 42.5 Å². The summed E-state index contributed by atoms with van der Waals surface area (Å²) < 4.78 is 28.6. The van der Waals surface area contributed by atoms with Crippen LogP contribution in [0.1, 0.15) is 36.1 Å². The maximum absolute atomic E-state index is 14.0. The number of ether oxygens (including phenoxy) is 2. The van der Waals surface area contributed by atoms with Crippen LogP contribution in [0.5, 0.6) is 5.75 Å². The van der Waals surface area contributed by atoms with E-state index < -0.39 is 6.10 Å². The Hall–Kier alpha value is -3.52. The van der Waals surface area contributed by atoms with Gasteiger partial charge < -0.3 is 23.9 Å². The van der Waals surface area contributed by atoms with E-state index in [1.54, 1.807) is 0 Å². The molecule has 0 unspecified atom stereocenters. The van der Waals surface area contributed by atoms with Gasteiger partial charge in [0.1, 0.15) is 30.6 Å². The molecule has 39 heavy (non-hydrogen) atoms. The van der Waals surface area contributed by atoms with Gasteiger partial charge >= 0.3 is 0 Å². The van der Waals surface area contributed by atoms with Crippen LogP contribution in [0, 0.1) is 5.82 Å². The van der Waals surface area contributed by atoms with Gasteiger partial charge in [0.2, 0.25) is 0 Å². The lowest BCUT2D eigenvalue weighted by atomic mass is 9.89. The van der Waals surface area contributed by atoms with E-state index in [4.69, 9.17) is 9.47 Å². The molecule has 2 aliphatic rings. The lowest BCUT2D eigenvalue weighted by Gasteiger charge is -2.42. The molecule has 0 bridgehead atoms. The predicted molar refractivity (Wildman–Crippen MR) is 148 cm³/mol. The predicted octanol–water partition coefficient (Wildman–Crippen LogP) is 5.34. The smallest absolute Gasteiger partial charge is 0.149 e. The highest BCUT2D eigenvalue weighted by Crippen LogP contribution is 2.47. The number of aliphatic hydroxyl groups is 1. The molecule has 2 fully saturated rings. The molecule has 7 heteroatoms. The van der Waals surface area contributed by atoms with Crippen LogP contribution in [0.3, 0.4) is 0 Å². The average Bonchev–Trinajstić information content (AvgIpc) is 3.30. The molecule has 3 aromatic carbocycles. The first-order valence-electron chi connectivity index (χ1n) is 13.6. The summed E-state index contributed by atoms with van der Waals surface area (Å²) in [5.74, 6) is 0.831. The van der Waals surface area contributed by atoms with E-state index in [0.29, 0.717) is 32.7 Å². The number of β-amino-alcohol motifs (C(OH)–C–C–N with tert-alkyl or cyclic N) is 1. The fourth-order valence-corrected chi connectivity index (χ4v) is 6.04. The third-order valence-electron chi connectivity index (χ3n) is 7.91. The van der Waals surface area contributed by atoms with Crippen LogP contribution in [-0.4, -0.2) is 59.8 Å². The minimum absolute atomic E-state index is 0.153. The lowest BCUT2D eigenvalue weighted by molar-refractivity contribution is -0.116. The van der Waals surface area contributed by atoms with Gasteiger partial charge in [-0.1, -0.05) is 54.6 Å². The summed E-state index contributed by atoms with van der Waals surface area (Å²) in [6.45, 7) is 3.63. The van der Waals surface area contributed by atoms with Crippen molar-refractivity contribution in [2.45, 2.75) is 37.5 Å². The van der Waals surface area contributed by atoms with Gasteiger partial charge in [-0.05, 0) is 42.2 Å². The Bertz CT molecular complexity index is 1420. The number of rotatable bonds is 9. The van der Waals surface area contributed by atoms with E-state index in [-0.39, 0.29) is 17.8 Å². The number of likely N-dealkylation sites (tertiary alicyclic amines) is 1.